The summed E-state index contributed by atoms with van der Waals surface area (Å²) in [5, 5.41) is 0. The molecule has 3 rings (SSSR count). The van der Waals surface area contributed by atoms with Crippen molar-refractivity contribution in [2.75, 3.05) is 6.54 Å². The molecular weight excluding hydrogens is 246 g/mol. The Balaban J connectivity index is 1.87. The summed E-state index contributed by atoms with van der Waals surface area (Å²) in [6.45, 7) is 3.68. The van der Waals surface area contributed by atoms with Gasteiger partial charge >= 0.3 is 0 Å². The normalized spacial score (nSPS) is 18.1. The third-order valence-corrected chi connectivity index (χ3v) is 3.84. The molecule has 20 heavy (non-hydrogen) atoms. The van der Waals surface area contributed by atoms with Crippen LogP contribution in [0.15, 0.2) is 59.6 Å². The van der Waals surface area contributed by atoms with Crippen molar-refractivity contribution < 1.29 is 0 Å². The lowest BCUT2D eigenvalue weighted by atomic mass is 10.0. The monoisotopic (exact) mass is 265 g/mol. The highest BCUT2D eigenvalue weighted by molar-refractivity contribution is 5.80. The number of benzene rings is 2. The van der Waals surface area contributed by atoms with Gasteiger partial charge in [0.15, 0.2) is 5.96 Å². The van der Waals surface area contributed by atoms with E-state index < -0.39 is 0 Å². The van der Waals surface area contributed by atoms with Crippen LogP contribution in [0.2, 0.25) is 0 Å². The molecule has 3 nitrogen and oxygen atoms in total. The zero-order valence-electron chi connectivity index (χ0n) is 11.7. The summed E-state index contributed by atoms with van der Waals surface area (Å²) in [6, 6.07) is 19.1. The zero-order valence-corrected chi connectivity index (χ0v) is 11.7. The summed E-state index contributed by atoms with van der Waals surface area (Å²) < 4.78 is 0. The Morgan fingerprint density at radius 1 is 1.10 bits per heavy atom. The largest absolute Gasteiger partial charge is 0.370 e. The lowest BCUT2D eigenvalue weighted by molar-refractivity contribution is 0.339. The highest BCUT2D eigenvalue weighted by Gasteiger charge is 2.28. The van der Waals surface area contributed by atoms with Crippen molar-refractivity contribution in [3.8, 4) is 0 Å². The van der Waals surface area contributed by atoms with Gasteiger partial charge in [-0.1, -0.05) is 54.6 Å². The summed E-state index contributed by atoms with van der Waals surface area (Å²) in [4.78, 5) is 6.63. The van der Waals surface area contributed by atoms with E-state index in [1.807, 2.05) is 6.07 Å². The van der Waals surface area contributed by atoms with Gasteiger partial charge < -0.3 is 10.6 Å². The van der Waals surface area contributed by atoms with Crippen molar-refractivity contribution in [1.29, 1.82) is 0 Å². The molecule has 2 aromatic carbocycles. The standard InChI is InChI=1S/C17H19N3/c1-13-7-5-6-10-15(13)16-11-19-17(18)20(16)12-14-8-3-2-4-9-14/h2-10,16H,11-12H2,1H3,(H2,18,19). The van der Waals surface area contributed by atoms with Crippen LogP contribution < -0.4 is 5.73 Å². The smallest absolute Gasteiger partial charge is 0.192 e. The molecule has 102 valence electrons. The second-order valence-corrected chi connectivity index (χ2v) is 5.18. The topological polar surface area (TPSA) is 41.6 Å². The number of rotatable bonds is 3. The molecule has 1 aliphatic heterocycles. The Hall–Kier alpha value is -2.29. The van der Waals surface area contributed by atoms with Crippen LogP contribution in [-0.4, -0.2) is 17.4 Å². The highest BCUT2D eigenvalue weighted by Crippen LogP contribution is 2.29. The molecule has 2 N–H and O–H groups in total. The Labute approximate surface area is 119 Å². The Morgan fingerprint density at radius 2 is 1.80 bits per heavy atom. The maximum absolute atomic E-state index is 6.08. The molecule has 0 fully saturated rings. The quantitative estimate of drug-likeness (QED) is 0.927. The number of hydrogen-bond acceptors (Lipinski definition) is 3. The predicted octanol–water partition coefficient (Wildman–Crippen LogP) is 2.87. The molecular formula is C17H19N3. The van der Waals surface area contributed by atoms with E-state index in [9.17, 15) is 0 Å². The molecule has 1 heterocycles. The first kappa shape index (κ1) is 12.7. The zero-order chi connectivity index (χ0) is 13.9. The van der Waals surface area contributed by atoms with Crippen LogP contribution in [0.3, 0.4) is 0 Å². The van der Waals surface area contributed by atoms with E-state index in [-0.39, 0.29) is 6.04 Å². The van der Waals surface area contributed by atoms with E-state index in [1.165, 1.54) is 16.7 Å². The minimum Gasteiger partial charge on any atom is -0.370 e. The van der Waals surface area contributed by atoms with Gasteiger partial charge in [-0.05, 0) is 23.6 Å². The first-order valence-electron chi connectivity index (χ1n) is 6.92. The number of nitrogens with zero attached hydrogens (tertiary/aromatic N) is 2. The van der Waals surface area contributed by atoms with Crippen LogP contribution in [-0.2, 0) is 6.54 Å². The van der Waals surface area contributed by atoms with Crippen LogP contribution in [0.4, 0.5) is 0 Å². The Kier molecular flexibility index (Phi) is 3.42. The second kappa shape index (κ2) is 5.37. The van der Waals surface area contributed by atoms with Gasteiger partial charge in [0.05, 0.1) is 12.6 Å². The van der Waals surface area contributed by atoms with Gasteiger partial charge in [0.1, 0.15) is 0 Å². The van der Waals surface area contributed by atoms with Gasteiger partial charge in [-0.15, -0.1) is 0 Å². The van der Waals surface area contributed by atoms with Crippen LogP contribution >= 0.6 is 0 Å². The number of nitrogens with two attached hydrogens (primary N) is 1. The molecule has 0 aromatic heterocycles. The SMILES string of the molecule is Cc1ccccc1C1CN=C(N)N1Cc1ccccc1. The van der Waals surface area contributed by atoms with E-state index in [0.717, 1.165) is 13.1 Å². The molecule has 0 saturated heterocycles. The van der Waals surface area contributed by atoms with Gasteiger partial charge in [0.25, 0.3) is 0 Å². The van der Waals surface area contributed by atoms with Crippen molar-refractivity contribution in [1.82, 2.24) is 4.90 Å². The minimum atomic E-state index is 0.247. The third kappa shape index (κ3) is 2.39. The maximum Gasteiger partial charge on any atom is 0.192 e. The fraction of sp³-hybridized carbons (Fsp3) is 0.235. The molecule has 0 bridgehead atoms. The highest BCUT2D eigenvalue weighted by atomic mass is 15.3. The van der Waals surface area contributed by atoms with Crippen LogP contribution in [0.25, 0.3) is 0 Å². The summed E-state index contributed by atoms with van der Waals surface area (Å²) in [6.07, 6.45) is 0. The Bertz CT molecular complexity index is 619. The van der Waals surface area contributed by atoms with Crippen LogP contribution in [0, 0.1) is 6.92 Å². The van der Waals surface area contributed by atoms with Crippen molar-refractivity contribution in [2.45, 2.75) is 19.5 Å². The van der Waals surface area contributed by atoms with Gasteiger partial charge in [-0.3, -0.25) is 4.99 Å². The second-order valence-electron chi connectivity index (χ2n) is 5.18. The van der Waals surface area contributed by atoms with Crippen LogP contribution in [0.5, 0.6) is 0 Å². The van der Waals surface area contributed by atoms with Crippen molar-refractivity contribution in [2.24, 2.45) is 10.7 Å². The molecule has 1 atom stereocenters. The predicted molar refractivity (Wildman–Crippen MR) is 82.4 cm³/mol. The fourth-order valence-electron chi connectivity index (χ4n) is 2.73. The summed E-state index contributed by atoms with van der Waals surface area (Å²) in [7, 11) is 0. The van der Waals surface area contributed by atoms with E-state index in [1.54, 1.807) is 0 Å². The first-order valence-corrected chi connectivity index (χ1v) is 6.92. The average molecular weight is 265 g/mol. The van der Waals surface area contributed by atoms with Gasteiger partial charge in [0, 0.05) is 6.54 Å². The van der Waals surface area contributed by atoms with Crippen molar-refractivity contribution in [3.05, 3.63) is 71.3 Å². The summed E-state index contributed by atoms with van der Waals surface area (Å²) in [5.41, 5.74) is 9.94. The molecule has 0 spiro atoms. The van der Waals surface area contributed by atoms with Gasteiger partial charge in [-0.25, -0.2) is 0 Å². The minimum absolute atomic E-state index is 0.247. The maximum atomic E-state index is 6.08. The Morgan fingerprint density at radius 3 is 2.55 bits per heavy atom. The molecule has 1 aliphatic rings. The van der Waals surface area contributed by atoms with E-state index in [0.29, 0.717) is 5.96 Å². The van der Waals surface area contributed by atoms with E-state index in [2.05, 4.69) is 65.3 Å². The molecule has 0 amide bonds. The lowest BCUT2D eigenvalue weighted by Crippen LogP contribution is -2.35. The molecule has 0 radical (unpaired) electrons. The number of guanidine groups is 1. The summed E-state index contributed by atoms with van der Waals surface area (Å²) in [5.74, 6) is 0.641. The van der Waals surface area contributed by atoms with Crippen molar-refractivity contribution in [3.63, 3.8) is 0 Å². The molecule has 1 unspecified atom stereocenters. The van der Waals surface area contributed by atoms with Gasteiger partial charge in [-0.2, -0.15) is 0 Å². The molecule has 0 saturated carbocycles. The number of hydrogen-bond donors (Lipinski definition) is 1. The first-order chi connectivity index (χ1) is 9.75. The number of aliphatic imine (C=N–C) groups is 1. The van der Waals surface area contributed by atoms with Crippen molar-refractivity contribution >= 4 is 5.96 Å². The molecule has 0 aliphatic carbocycles. The van der Waals surface area contributed by atoms with E-state index in [4.69, 9.17) is 5.73 Å². The van der Waals surface area contributed by atoms with E-state index >= 15 is 0 Å². The molecule has 3 heteroatoms. The third-order valence-electron chi connectivity index (χ3n) is 3.84. The molecule has 2 aromatic rings. The fourth-order valence-corrected chi connectivity index (χ4v) is 2.73. The lowest BCUT2D eigenvalue weighted by Gasteiger charge is -2.27. The van der Waals surface area contributed by atoms with Crippen LogP contribution in [0.1, 0.15) is 22.7 Å². The summed E-state index contributed by atoms with van der Waals surface area (Å²) >= 11 is 0. The van der Waals surface area contributed by atoms with Gasteiger partial charge in [0.2, 0.25) is 0 Å². The average Bonchev–Trinajstić information content (AvgIpc) is 2.82. The number of aryl methyl sites for hydroxylation is 1.